The Hall–Kier alpha value is -2.35. The van der Waals surface area contributed by atoms with Gasteiger partial charge in [0.05, 0.1) is 22.8 Å². The molecule has 8 heteroatoms. The van der Waals surface area contributed by atoms with Crippen molar-refractivity contribution in [1.29, 1.82) is 0 Å². The predicted octanol–water partition coefficient (Wildman–Crippen LogP) is 1.79. The molecule has 1 saturated heterocycles. The number of urea groups is 1. The number of nitro benzene ring substituents is 1. The van der Waals surface area contributed by atoms with Gasteiger partial charge in [-0.1, -0.05) is 6.07 Å². The zero-order chi connectivity index (χ0) is 15.2. The lowest BCUT2D eigenvalue weighted by molar-refractivity contribution is -0.384. The Kier molecular flexibility index (Phi) is 4.94. The van der Waals surface area contributed by atoms with Crippen LogP contribution in [-0.4, -0.2) is 29.7 Å². The van der Waals surface area contributed by atoms with E-state index in [2.05, 4.69) is 16.2 Å². The second kappa shape index (κ2) is 6.89. The van der Waals surface area contributed by atoms with E-state index >= 15 is 0 Å². The first-order valence-electron chi connectivity index (χ1n) is 6.75. The number of non-ortho nitro benzene ring substituents is 1. The second-order valence-corrected chi connectivity index (χ2v) is 4.87. The van der Waals surface area contributed by atoms with E-state index in [0.717, 1.165) is 19.4 Å². The topological polar surface area (TPSA) is 106 Å². The van der Waals surface area contributed by atoms with E-state index in [4.69, 9.17) is 4.74 Å². The molecule has 0 radical (unpaired) electrons. The molecule has 1 aliphatic heterocycles. The molecule has 2 atom stereocenters. The third-order valence-corrected chi connectivity index (χ3v) is 3.26. The monoisotopic (exact) mass is 294 g/mol. The summed E-state index contributed by atoms with van der Waals surface area (Å²) in [6.45, 7) is 2.60. The van der Waals surface area contributed by atoms with Gasteiger partial charge in [0.1, 0.15) is 0 Å². The number of benzene rings is 1. The van der Waals surface area contributed by atoms with Crippen LogP contribution in [0.2, 0.25) is 0 Å². The van der Waals surface area contributed by atoms with Crippen molar-refractivity contribution in [2.75, 3.05) is 12.0 Å². The van der Waals surface area contributed by atoms with Crippen LogP contribution in [0.5, 0.6) is 0 Å². The fourth-order valence-corrected chi connectivity index (χ4v) is 2.16. The number of hydrazine groups is 1. The van der Waals surface area contributed by atoms with Crippen molar-refractivity contribution in [2.45, 2.75) is 31.9 Å². The smallest absolute Gasteiger partial charge is 0.333 e. The molecule has 0 saturated carbocycles. The van der Waals surface area contributed by atoms with Gasteiger partial charge in [0, 0.05) is 18.7 Å². The molecule has 2 rings (SSSR count). The summed E-state index contributed by atoms with van der Waals surface area (Å²) in [5.74, 6) is 0. The van der Waals surface area contributed by atoms with Crippen LogP contribution in [0.1, 0.15) is 19.8 Å². The number of carbonyl (C=O) groups is 1. The fourth-order valence-electron chi connectivity index (χ4n) is 2.16. The van der Waals surface area contributed by atoms with E-state index in [9.17, 15) is 14.9 Å². The number of carbonyl (C=O) groups excluding carboxylic acids is 1. The quantitative estimate of drug-likeness (QED) is 0.567. The molecule has 1 aliphatic rings. The van der Waals surface area contributed by atoms with Crippen LogP contribution < -0.4 is 16.2 Å². The second-order valence-electron chi connectivity index (χ2n) is 4.87. The number of rotatable bonds is 5. The molecular formula is C13H18N4O4. The summed E-state index contributed by atoms with van der Waals surface area (Å²) in [6, 6.07) is 5.37. The van der Waals surface area contributed by atoms with E-state index in [1.165, 1.54) is 18.2 Å². The van der Waals surface area contributed by atoms with Crippen molar-refractivity contribution in [3.8, 4) is 0 Å². The summed E-state index contributed by atoms with van der Waals surface area (Å²) in [5.41, 5.74) is 5.46. The summed E-state index contributed by atoms with van der Waals surface area (Å²) in [6.07, 6.45) is 1.97. The average molecular weight is 294 g/mol. The molecule has 21 heavy (non-hydrogen) atoms. The lowest BCUT2D eigenvalue weighted by atomic mass is 10.1. The molecule has 1 aromatic rings. The zero-order valence-corrected chi connectivity index (χ0v) is 11.7. The average Bonchev–Trinajstić information content (AvgIpc) is 2.99. The first-order valence-corrected chi connectivity index (χ1v) is 6.75. The number of ether oxygens (including phenoxy) is 1. The van der Waals surface area contributed by atoms with Gasteiger partial charge < -0.3 is 10.1 Å². The summed E-state index contributed by atoms with van der Waals surface area (Å²) >= 11 is 0. The van der Waals surface area contributed by atoms with Crippen molar-refractivity contribution in [2.24, 2.45) is 0 Å². The zero-order valence-electron chi connectivity index (χ0n) is 11.7. The SMILES string of the molecule is C[C@H](NC(=O)NNc1cccc([N+](=O)[O-])c1)[C@@H]1CCCO1. The highest BCUT2D eigenvalue weighted by Crippen LogP contribution is 2.16. The number of nitrogens with one attached hydrogen (secondary N) is 3. The van der Waals surface area contributed by atoms with Crippen LogP contribution in [0.4, 0.5) is 16.2 Å². The number of anilines is 1. The van der Waals surface area contributed by atoms with Crippen LogP contribution >= 0.6 is 0 Å². The van der Waals surface area contributed by atoms with Crippen molar-refractivity contribution in [3.05, 3.63) is 34.4 Å². The highest BCUT2D eigenvalue weighted by atomic mass is 16.6. The molecule has 8 nitrogen and oxygen atoms in total. The minimum atomic E-state index is -0.495. The van der Waals surface area contributed by atoms with Gasteiger partial charge in [-0.15, -0.1) is 0 Å². The van der Waals surface area contributed by atoms with Crippen LogP contribution in [0.25, 0.3) is 0 Å². The van der Waals surface area contributed by atoms with E-state index < -0.39 is 11.0 Å². The molecule has 1 aromatic carbocycles. The van der Waals surface area contributed by atoms with Crippen LogP contribution in [-0.2, 0) is 4.74 Å². The Balaban J connectivity index is 1.80. The molecular weight excluding hydrogens is 276 g/mol. The van der Waals surface area contributed by atoms with Gasteiger partial charge in [-0.05, 0) is 25.8 Å². The molecule has 0 aliphatic carbocycles. The third kappa shape index (κ3) is 4.32. The molecule has 1 fully saturated rings. The van der Waals surface area contributed by atoms with Crippen LogP contribution in [0.15, 0.2) is 24.3 Å². The van der Waals surface area contributed by atoms with Gasteiger partial charge in [-0.25, -0.2) is 4.79 Å². The number of hydrogen-bond acceptors (Lipinski definition) is 5. The molecule has 0 unspecified atom stereocenters. The standard InChI is InChI=1S/C13H18N4O4/c1-9(12-6-3-7-21-12)14-13(18)16-15-10-4-2-5-11(8-10)17(19)20/h2,4-5,8-9,12,15H,3,6-7H2,1H3,(H2,14,16,18)/t9-,12-/m0/s1. The Bertz CT molecular complexity index is 517. The number of hydrogen-bond donors (Lipinski definition) is 3. The first-order chi connectivity index (χ1) is 10.1. The Morgan fingerprint density at radius 2 is 2.33 bits per heavy atom. The van der Waals surface area contributed by atoms with E-state index in [-0.39, 0.29) is 17.8 Å². The normalized spacial score (nSPS) is 18.8. The maximum atomic E-state index is 11.7. The minimum absolute atomic E-state index is 0.0357. The number of amides is 2. The largest absolute Gasteiger partial charge is 0.376 e. The van der Waals surface area contributed by atoms with Gasteiger partial charge in [-0.2, -0.15) is 0 Å². The summed E-state index contributed by atoms with van der Waals surface area (Å²) in [5, 5.41) is 13.4. The van der Waals surface area contributed by atoms with Gasteiger partial charge in [0.15, 0.2) is 0 Å². The summed E-state index contributed by atoms with van der Waals surface area (Å²) < 4.78 is 5.48. The van der Waals surface area contributed by atoms with Crippen molar-refractivity contribution in [3.63, 3.8) is 0 Å². The Morgan fingerprint density at radius 1 is 1.52 bits per heavy atom. The lowest BCUT2D eigenvalue weighted by Crippen LogP contribution is -2.47. The maximum Gasteiger partial charge on any atom is 0.333 e. The Labute approximate surface area is 122 Å². The van der Waals surface area contributed by atoms with Crippen LogP contribution in [0.3, 0.4) is 0 Å². The van der Waals surface area contributed by atoms with Crippen LogP contribution in [0, 0.1) is 10.1 Å². The highest BCUT2D eigenvalue weighted by Gasteiger charge is 2.23. The molecule has 2 amide bonds. The van der Waals surface area contributed by atoms with Crippen molar-refractivity contribution in [1.82, 2.24) is 10.7 Å². The number of nitrogens with zero attached hydrogens (tertiary/aromatic N) is 1. The first kappa shape index (κ1) is 15.0. The highest BCUT2D eigenvalue weighted by molar-refractivity contribution is 5.76. The molecule has 3 N–H and O–H groups in total. The summed E-state index contributed by atoms with van der Waals surface area (Å²) in [7, 11) is 0. The third-order valence-electron chi connectivity index (χ3n) is 3.26. The van der Waals surface area contributed by atoms with Gasteiger partial charge in [0.2, 0.25) is 0 Å². The molecule has 0 bridgehead atoms. The lowest BCUT2D eigenvalue weighted by Gasteiger charge is -2.20. The van der Waals surface area contributed by atoms with E-state index in [1.54, 1.807) is 6.07 Å². The van der Waals surface area contributed by atoms with Gasteiger partial charge in [0.25, 0.3) is 5.69 Å². The summed E-state index contributed by atoms with van der Waals surface area (Å²) in [4.78, 5) is 21.9. The minimum Gasteiger partial charge on any atom is -0.376 e. The van der Waals surface area contributed by atoms with E-state index in [0.29, 0.717) is 5.69 Å². The Morgan fingerprint density at radius 3 is 3.00 bits per heavy atom. The molecule has 0 spiro atoms. The maximum absolute atomic E-state index is 11.7. The molecule has 1 heterocycles. The van der Waals surface area contributed by atoms with Crippen molar-refractivity contribution >= 4 is 17.4 Å². The van der Waals surface area contributed by atoms with Gasteiger partial charge in [-0.3, -0.25) is 21.0 Å². The van der Waals surface area contributed by atoms with E-state index in [1.807, 2.05) is 6.92 Å². The van der Waals surface area contributed by atoms with Gasteiger partial charge >= 0.3 is 6.03 Å². The number of nitro groups is 1. The molecule has 114 valence electrons. The van der Waals surface area contributed by atoms with Crippen molar-refractivity contribution < 1.29 is 14.5 Å². The predicted molar refractivity (Wildman–Crippen MR) is 76.8 cm³/mol. The fraction of sp³-hybridized carbons (Fsp3) is 0.462. The molecule has 0 aromatic heterocycles.